The van der Waals surface area contributed by atoms with Gasteiger partial charge in [0.2, 0.25) is 5.95 Å². The van der Waals surface area contributed by atoms with Crippen molar-refractivity contribution in [3.05, 3.63) is 36.3 Å². The zero-order valence-corrected chi connectivity index (χ0v) is 9.31. The van der Waals surface area contributed by atoms with Crippen LogP contribution in [0.3, 0.4) is 0 Å². The summed E-state index contributed by atoms with van der Waals surface area (Å²) >= 11 is 0. The molecule has 0 aromatic carbocycles. The molecule has 17 heavy (non-hydrogen) atoms. The van der Waals surface area contributed by atoms with Gasteiger partial charge in [-0.3, -0.25) is 0 Å². The highest BCUT2D eigenvalue weighted by atomic mass is 15.0. The largest absolute Gasteiger partial charge is 0.368 e. The maximum atomic E-state index is 5.66. The van der Waals surface area contributed by atoms with Crippen LogP contribution in [0.25, 0.3) is 22.3 Å². The van der Waals surface area contributed by atoms with Crippen molar-refractivity contribution < 1.29 is 0 Å². The number of anilines is 1. The molecule has 0 fully saturated rings. The lowest BCUT2D eigenvalue weighted by Crippen LogP contribution is -1.97. The van der Waals surface area contributed by atoms with Gasteiger partial charge < -0.3 is 10.7 Å². The van der Waals surface area contributed by atoms with Crippen molar-refractivity contribution in [1.82, 2.24) is 19.9 Å². The number of hydrogen-bond donors (Lipinski definition) is 2. The molecule has 0 bridgehead atoms. The van der Waals surface area contributed by atoms with E-state index in [0.29, 0.717) is 5.95 Å². The molecule has 5 nitrogen and oxygen atoms in total. The maximum Gasteiger partial charge on any atom is 0.220 e. The molecule has 3 N–H and O–H groups in total. The van der Waals surface area contributed by atoms with E-state index < -0.39 is 0 Å². The second-order valence-electron chi connectivity index (χ2n) is 3.85. The zero-order chi connectivity index (χ0) is 11.8. The van der Waals surface area contributed by atoms with Gasteiger partial charge in [0, 0.05) is 29.0 Å². The van der Waals surface area contributed by atoms with Crippen molar-refractivity contribution >= 4 is 17.0 Å². The molecule has 0 unspecified atom stereocenters. The third kappa shape index (κ3) is 1.61. The molecule has 0 saturated carbocycles. The summed E-state index contributed by atoms with van der Waals surface area (Å²) in [6.45, 7) is 1.90. The van der Waals surface area contributed by atoms with Crippen LogP contribution >= 0.6 is 0 Å². The maximum absolute atomic E-state index is 5.66. The first kappa shape index (κ1) is 9.77. The SMILES string of the molecule is Cc1cc(-c2c[nH]c3ncccc23)nc(N)n1. The number of nitrogens with two attached hydrogens (primary N) is 1. The molecule has 3 heterocycles. The Kier molecular flexibility index (Phi) is 2.04. The number of fused-ring (bicyclic) bond motifs is 1. The predicted octanol–water partition coefficient (Wildman–Crippen LogP) is 1.91. The molecule has 0 aliphatic heterocycles. The van der Waals surface area contributed by atoms with Crippen LogP contribution in [0.5, 0.6) is 0 Å². The highest BCUT2D eigenvalue weighted by Crippen LogP contribution is 2.26. The molecule has 0 radical (unpaired) electrons. The fourth-order valence-corrected chi connectivity index (χ4v) is 1.90. The van der Waals surface area contributed by atoms with Crippen LogP contribution < -0.4 is 5.73 Å². The van der Waals surface area contributed by atoms with E-state index in [1.54, 1.807) is 6.20 Å². The third-order valence-corrected chi connectivity index (χ3v) is 2.60. The lowest BCUT2D eigenvalue weighted by atomic mass is 10.1. The van der Waals surface area contributed by atoms with Crippen LogP contribution in [0.2, 0.25) is 0 Å². The highest BCUT2D eigenvalue weighted by molar-refractivity contribution is 5.92. The number of hydrogen-bond acceptors (Lipinski definition) is 4. The number of H-pyrrole nitrogens is 1. The lowest BCUT2D eigenvalue weighted by molar-refractivity contribution is 1.12. The Morgan fingerprint density at radius 1 is 1.29 bits per heavy atom. The van der Waals surface area contributed by atoms with Gasteiger partial charge in [-0.1, -0.05) is 0 Å². The Hall–Kier alpha value is -2.43. The number of nitrogens with one attached hydrogen (secondary N) is 1. The third-order valence-electron chi connectivity index (χ3n) is 2.60. The second-order valence-corrected chi connectivity index (χ2v) is 3.85. The standard InChI is InChI=1S/C12H11N5/c1-7-5-10(17-12(13)16-7)9-6-15-11-8(9)3-2-4-14-11/h2-6H,1H3,(H,14,15)(H2,13,16,17). The number of aryl methyl sites for hydroxylation is 1. The van der Waals surface area contributed by atoms with E-state index in [4.69, 9.17) is 5.73 Å². The Balaban J connectivity index is 2.27. The molecule has 84 valence electrons. The van der Waals surface area contributed by atoms with Crippen molar-refractivity contribution in [2.24, 2.45) is 0 Å². The minimum absolute atomic E-state index is 0.290. The average molecular weight is 225 g/mol. The van der Waals surface area contributed by atoms with Gasteiger partial charge in [-0.15, -0.1) is 0 Å². The van der Waals surface area contributed by atoms with E-state index in [1.807, 2.05) is 31.3 Å². The van der Waals surface area contributed by atoms with Gasteiger partial charge in [-0.2, -0.15) is 0 Å². The quantitative estimate of drug-likeness (QED) is 0.663. The number of rotatable bonds is 1. The molecule has 3 aromatic rings. The number of nitrogens with zero attached hydrogens (tertiary/aromatic N) is 3. The van der Waals surface area contributed by atoms with Crippen molar-refractivity contribution in [2.45, 2.75) is 6.92 Å². The van der Waals surface area contributed by atoms with Crippen LogP contribution in [-0.2, 0) is 0 Å². The normalized spacial score (nSPS) is 10.9. The number of aromatic nitrogens is 4. The molecule has 0 aliphatic carbocycles. The monoisotopic (exact) mass is 225 g/mol. The Morgan fingerprint density at radius 3 is 3.00 bits per heavy atom. The van der Waals surface area contributed by atoms with E-state index in [1.165, 1.54) is 0 Å². The van der Waals surface area contributed by atoms with E-state index in [9.17, 15) is 0 Å². The average Bonchev–Trinajstić information content (AvgIpc) is 2.71. The first-order chi connectivity index (χ1) is 8.24. The summed E-state index contributed by atoms with van der Waals surface area (Å²) < 4.78 is 0. The molecule has 0 atom stereocenters. The topological polar surface area (TPSA) is 80.5 Å². The van der Waals surface area contributed by atoms with Gasteiger partial charge in [-0.05, 0) is 25.1 Å². The van der Waals surface area contributed by atoms with Crippen LogP contribution in [0.15, 0.2) is 30.6 Å². The van der Waals surface area contributed by atoms with Gasteiger partial charge >= 0.3 is 0 Å². The summed E-state index contributed by atoms with van der Waals surface area (Å²) in [5.41, 5.74) is 9.16. The number of aromatic amines is 1. The van der Waals surface area contributed by atoms with Crippen LogP contribution in [-0.4, -0.2) is 19.9 Å². The van der Waals surface area contributed by atoms with E-state index in [0.717, 1.165) is 28.0 Å². The fourth-order valence-electron chi connectivity index (χ4n) is 1.90. The lowest BCUT2D eigenvalue weighted by Gasteiger charge is -2.01. The van der Waals surface area contributed by atoms with Gasteiger partial charge in [0.1, 0.15) is 5.65 Å². The Bertz CT molecular complexity index is 666. The van der Waals surface area contributed by atoms with Crippen molar-refractivity contribution in [3.8, 4) is 11.3 Å². The molecule has 5 heteroatoms. The zero-order valence-electron chi connectivity index (χ0n) is 9.31. The van der Waals surface area contributed by atoms with Gasteiger partial charge in [0.25, 0.3) is 0 Å². The van der Waals surface area contributed by atoms with Gasteiger partial charge in [0.05, 0.1) is 5.69 Å². The molecular formula is C12H11N5. The summed E-state index contributed by atoms with van der Waals surface area (Å²) in [4.78, 5) is 15.7. The molecule has 0 spiro atoms. The first-order valence-corrected chi connectivity index (χ1v) is 5.27. The van der Waals surface area contributed by atoms with Gasteiger partial charge in [-0.25, -0.2) is 15.0 Å². The fraction of sp³-hybridized carbons (Fsp3) is 0.0833. The molecule has 0 aliphatic rings. The molecule has 0 saturated heterocycles. The molecule has 3 rings (SSSR count). The summed E-state index contributed by atoms with van der Waals surface area (Å²) in [5.74, 6) is 0.290. The Labute approximate surface area is 97.7 Å². The smallest absolute Gasteiger partial charge is 0.220 e. The van der Waals surface area contributed by atoms with Crippen LogP contribution in [0.4, 0.5) is 5.95 Å². The molecular weight excluding hydrogens is 214 g/mol. The molecule has 3 aromatic heterocycles. The second kappa shape index (κ2) is 3.55. The van der Waals surface area contributed by atoms with Gasteiger partial charge in [0.15, 0.2) is 0 Å². The van der Waals surface area contributed by atoms with Crippen molar-refractivity contribution in [1.29, 1.82) is 0 Å². The van der Waals surface area contributed by atoms with Crippen molar-refractivity contribution in [3.63, 3.8) is 0 Å². The van der Waals surface area contributed by atoms with Crippen molar-refractivity contribution in [2.75, 3.05) is 5.73 Å². The first-order valence-electron chi connectivity index (χ1n) is 5.27. The summed E-state index contributed by atoms with van der Waals surface area (Å²) in [6.07, 6.45) is 3.64. The van der Waals surface area contributed by atoms with Crippen LogP contribution in [0, 0.1) is 6.92 Å². The Morgan fingerprint density at radius 2 is 2.18 bits per heavy atom. The minimum atomic E-state index is 0.290. The highest BCUT2D eigenvalue weighted by Gasteiger charge is 2.08. The summed E-state index contributed by atoms with van der Waals surface area (Å²) in [7, 11) is 0. The summed E-state index contributed by atoms with van der Waals surface area (Å²) in [6, 6.07) is 5.81. The van der Waals surface area contributed by atoms with E-state index in [2.05, 4.69) is 19.9 Å². The number of pyridine rings is 1. The number of nitrogen functional groups attached to an aromatic ring is 1. The minimum Gasteiger partial charge on any atom is -0.368 e. The molecule has 0 amide bonds. The summed E-state index contributed by atoms with van der Waals surface area (Å²) in [5, 5.41) is 1.03. The predicted molar refractivity (Wildman–Crippen MR) is 66.3 cm³/mol. The van der Waals surface area contributed by atoms with Crippen LogP contribution in [0.1, 0.15) is 5.69 Å². The van der Waals surface area contributed by atoms with E-state index in [-0.39, 0.29) is 0 Å². The van der Waals surface area contributed by atoms with E-state index >= 15 is 0 Å².